The third-order valence-corrected chi connectivity index (χ3v) is 2.04. The zero-order valence-corrected chi connectivity index (χ0v) is 8.65. The van der Waals surface area contributed by atoms with Crippen molar-refractivity contribution in [3.63, 3.8) is 0 Å². The lowest BCUT2D eigenvalue weighted by molar-refractivity contribution is -0.124. The van der Waals surface area contributed by atoms with E-state index in [1.807, 2.05) is 0 Å². The summed E-state index contributed by atoms with van der Waals surface area (Å²) in [7, 11) is 1.63. The molecule has 0 aromatic rings. The zero-order valence-electron chi connectivity index (χ0n) is 7.84. The Morgan fingerprint density at radius 3 is 3.00 bits per heavy atom. The molecule has 1 unspecified atom stereocenters. The van der Waals surface area contributed by atoms with Crippen LogP contribution >= 0.6 is 12.4 Å². The van der Waals surface area contributed by atoms with E-state index in [4.69, 9.17) is 4.74 Å². The maximum Gasteiger partial charge on any atom is 0.224 e. The van der Waals surface area contributed by atoms with E-state index in [0.29, 0.717) is 13.2 Å². The second-order valence-electron chi connectivity index (χ2n) is 2.97. The van der Waals surface area contributed by atoms with Crippen LogP contribution in [0.15, 0.2) is 0 Å². The Bertz CT molecular complexity index is 149. The van der Waals surface area contributed by atoms with Crippen molar-refractivity contribution in [3.05, 3.63) is 0 Å². The van der Waals surface area contributed by atoms with E-state index in [-0.39, 0.29) is 24.2 Å². The summed E-state index contributed by atoms with van der Waals surface area (Å²) in [5.41, 5.74) is 0. The van der Waals surface area contributed by atoms with Gasteiger partial charge in [-0.3, -0.25) is 4.79 Å². The van der Waals surface area contributed by atoms with Gasteiger partial charge in [-0.1, -0.05) is 0 Å². The van der Waals surface area contributed by atoms with Crippen molar-refractivity contribution >= 4 is 18.3 Å². The van der Waals surface area contributed by atoms with Crippen LogP contribution in [-0.4, -0.2) is 39.3 Å². The number of nitrogens with one attached hydrogen (secondary N) is 2. The van der Waals surface area contributed by atoms with E-state index >= 15 is 0 Å². The van der Waals surface area contributed by atoms with Crippen LogP contribution in [0.25, 0.3) is 0 Å². The monoisotopic (exact) mass is 208 g/mol. The summed E-state index contributed by atoms with van der Waals surface area (Å²) in [5, 5.41) is 5.97. The van der Waals surface area contributed by atoms with Gasteiger partial charge < -0.3 is 15.4 Å². The maximum atomic E-state index is 11.3. The van der Waals surface area contributed by atoms with Gasteiger partial charge in [-0.25, -0.2) is 0 Å². The molecular weight excluding hydrogens is 192 g/mol. The Kier molecular flexibility index (Phi) is 6.94. The molecule has 1 fully saturated rings. The standard InChI is InChI=1S/C8H16N2O2.ClH/c1-12-5-4-10-8(11)7-2-3-9-6-7;/h7,9H,2-6H2,1H3,(H,10,11);1H. The molecule has 0 saturated carbocycles. The van der Waals surface area contributed by atoms with Crippen LogP contribution in [-0.2, 0) is 9.53 Å². The fourth-order valence-corrected chi connectivity index (χ4v) is 1.30. The molecule has 13 heavy (non-hydrogen) atoms. The molecule has 0 aliphatic carbocycles. The van der Waals surface area contributed by atoms with Crippen LogP contribution in [0.3, 0.4) is 0 Å². The lowest BCUT2D eigenvalue weighted by atomic mass is 10.1. The molecular formula is C8H17ClN2O2. The molecule has 0 spiro atoms. The maximum absolute atomic E-state index is 11.3. The lowest BCUT2D eigenvalue weighted by Gasteiger charge is -2.08. The molecule has 0 radical (unpaired) electrons. The third kappa shape index (κ3) is 4.45. The number of carbonyl (C=O) groups is 1. The van der Waals surface area contributed by atoms with E-state index in [0.717, 1.165) is 19.5 Å². The van der Waals surface area contributed by atoms with Crippen molar-refractivity contribution in [2.45, 2.75) is 6.42 Å². The van der Waals surface area contributed by atoms with Crippen LogP contribution in [0.5, 0.6) is 0 Å². The SMILES string of the molecule is COCCNC(=O)C1CCNC1.Cl. The molecule has 1 amide bonds. The number of hydrogen-bond donors (Lipinski definition) is 2. The Morgan fingerprint density at radius 2 is 2.46 bits per heavy atom. The first kappa shape index (κ1) is 12.7. The number of methoxy groups -OCH3 is 1. The summed E-state index contributed by atoms with van der Waals surface area (Å²) in [6, 6.07) is 0. The topological polar surface area (TPSA) is 50.4 Å². The molecule has 1 atom stereocenters. The second-order valence-corrected chi connectivity index (χ2v) is 2.97. The Hall–Kier alpha value is -0.320. The molecule has 4 nitrogen and oxygen atoms in total. The minimum Gasteiger partial charge on any atom is -0.383 e. The molecule has 1 heterocycles. The number of halogens is 1. The highest BCUT2D eigenvalue weighted by Gasteiger charge is 2.21. The Morgan fingerprint density at radius 1 is 1.69 bits per heavy atom. The smallest absolute Gasteiger partial charge is 0.224 e. The number of rotatable bonds is 4. The van der Waals surface area contributed by atoms with Crippen molar-refractivity contribution in [1.29, 1.82) is 0 Å². The van der Waals surface area contributed by atoms with Crippen molar-refractivity contribution in [1.82, 2.24) is 10.6 Å². The molecule has 0 aromatic heterocycles. The molecule has 2 N–H and O–H groups in total. The van der Waals surface area contributed by atoms with Gasteiger partial charge in [0, 0.05) is 20.2 Å². The average Bonchev–Trinajstić information content (AvgIpc) is 2.56. The van der Waals surface area contributed by atoms with Gasteiger partial charge >= 0.3 is 0 Å². The van der Waals surface area contributed by atoms with Gasteiger partial charge in [-0.15, -0.1) is 12.4 Å². The van der Waals surface area contributed by atoms with Crippen LogP contribution in [0.4, 0.5) is 0 Å². The minimum absolute atomic E-state index is 0. The molecule has 5 heteroatoms. The predicted molar refractivity (Wildman–Crippen MR) is 53.1 cm³/mol. The van der Waals surface area contributed by atoms with Crippen LogP contribution in [0.1, 0.15) is 6.42 Å². The molecule has 1 saturated heterocycles. The predicted octanol–water partition coefficient (Wildman–Crippen LogP) is -0.220. The largest absolute Gasteiger partial charge is 0.383 e. The summed E-state index contributed by atoms with van der Waals surface area (Å²) in [4.78, 5) is 11.3. The first-order chi connectivity index (χ1) is 5.84. The summed E-state index contributed by atoms with van der Waals surface area (Å²) < 4.78 is 4.82. The van der Waals surface area contributed by atoms with Crippen molar-refractivity contribution in [3.8, 4) is 0 Å². The van der Waals surface area contributed by atoms with Gasteiger partial charge in [-0.2, -0.15) is 0 Å². The zero-order chi connectivity index (χ0) is 8.81. The fraction of sp³-hybridized carbons (Fsp3) is 0.875. The number of amides is 1. The van der Waals surface area contributed by atoms with Crippen molar-refractivity contribution in [2.75, 3.05) is 33.4 Å². The first-order valence-electron chi connectivity index (χ1n) is 4.32. The summed E-state index contributed by atoms with van der Waals surface area (Å²) in [6.07, 6.45) is 0.957. The summed E-state index contributed by atoms with van der Waals surface area (Å²) in [6.45, 7) is 2.99. The normalized spacial score (nSPS) is 20.8. The lowest BCUT2D eigenvalue weighted by Crippen LogP contribution is -2.33. The highest BCUT2D eigenvalue weighted by molar-refractivity contribution is 5.85. The number of ether oxygens (including phenoxy) is 1. The van der Waals surface area contributed by atoms with Gasteiger partial charge in [0.25, 0.3) is 0 Å². The van der Waals surface area contributed by atoms with Gasteiger partial charge in [0.05, 0.1) is 12.5 Å². The van der Waals surface area contributed by atoms with E-state index in [9.17, 15) is 4.79 Å². The number of carbonyl (C=O) groups excluding carboxylic acids is 1. The van der Waals surface area contributed by atoms with E-state index in [1.54, 1.807) is 7.11 Å². The van der Waals surface area contributed by atoms with Crippen LogP contribution in [0.2, 0.25) is 0 Å². The van der Waals surface area contributed by atoms with E-state index in [2.05, 4.69) is 10.6 Å². The van der Waals surface area contributed by atoms with Crippen LogP contribution in [0, 0.1) is 5.92 Å². The summed E-state index contributed by atoms with van der Waals surface area (Å²) >= 11 is 0. The van der Waals surface area contributed by atoms with Gasteiger partial charge in [0.2, 0.25) is 5.91 Å². The fourth-order valence-electron chi connectivity index (χ4n) is 1.30. The Labute approximate surface area is 84.8 Å². The molecule has 1 rings (SSSR count). The van der Waals surface area contributed by atoms with E-state index < -0.39 is 0 Å². The highest BCUT2D eigenvalue weighted by Crippen LogP contribution is 2.06. The molecule has 78 valence electrons. The quantitative estimate of drug-likeness (QED) is 0.629. The number of hydrogen-bond acceptors (Lipinski definition) is 3. The highest BCUT2D eigenvalue weighted by atomic mass is 35.5. The molecule has 1 aliphatic rings. The van der Waals surface area contributed by atoms with Gasteiger partial charge in [-0.05, 0) is 13.0 Å². The third-order valence-electron chi connectivity index (χ3n) is 2.04. The van der Waals surface area contributed by atoms with Crippen molar-refractivity contribution in [2.24, 2.45) is 5.92 Å². The van der Waals surface area contributed by atoms with Gasteiger partial charge in [0.15, 0.2) is 0 Å². The van der Waals surface area contributed by atoms with Crippen LogP contribution < -0.4 is 10.6 Å². The minimum atomic E-state index is 0. The first-order valence-corrected chi connectivity index (χ1v) is 4.32. The average molecular weight is 209 g/mol. The molecule has 0 aromatic carbocycles. The molecule has 0 bridgehead atoms. The molecule has 1 aliphatic heterocycles. The van der Waals surface area contributed by atoms with Crippen molar-refractivity contribution < 1.29 is 9.53 Å². The second kappa shape index (κ2) is 7.12. The van der Waals surface area contributed by atoms with E-state index in [1.165, 1.54) is 0 Å². The van der Waals surface area contributed by atoms with Gasteiger partial charge in [0.1, 0.15) is 0 Å². The summed E-state index contributed by atoms with van der Waals surface area (Å²) in [5.74, 6) is 0.318. The Balaban J connectivity index is 0.00000144.